The number of nitrogens with zero attached hydrogens (tertiary/aromatic N) is 2. The highest BCUT2D eigenvalue weighted by Crippen LogP contribution is 2.31. The number of rotatable bonds is 4. The molecule has 0 unspecified atom stereocenters. The fourth-order valence-electron chi connectivity index (χ4n) is 1.80. The minimum Gasteiger partial charge on any atom is -0.369 e. The summed E-state index contributed by atoms with van der Waals surface area (Å²) < 4.78 is 2.02. The van der Waals surface area contributed by atoms with Gasteiger partial charge in [0.1, 0.15) is 5.82 Å². The van der Waals surface area contributed by atoms with E-state index in [4.69, 9.17) is 11.6 Å². The molecule has 0 aliphatic heterocycles. The van der Waals surface area contributed by atoms with E-state index in [9.17, 15) is 0 Å². The van der Waals surface area contributed by atoms with Gasteiger partial charge in [0, 0.05) is 21.6 Å². The lowest BCUT2D eigenvalue weighted by molar-refractivity contribution is 0.982. The molecule has 1 aromatic heterocycles. The molecule has 0 radical (unpaired) electrons. The highest BCUT2D eigenvalue weighted by molar-refractivity contribution is 14.1. The van der Waals surface area contributed by atoms with E-state index in [1.54, 1.807) is 0 Å². The summed E-state index contributed by atoms with van der Waals surface area (Å²) in [6, 6.07) is 5.63. The number of nitrogens with one attached hydrogen (secondary N) is 1. The van der Waals surface area contributed by atoms with Gasteiger partial charge in [0.05, 0.1) is 9.26 Å². The fourth-order valence-corrected chi connectivity index (χ4v) is 3.21. The summed E-state index contributed by atoms with van der Waals surface area (Å²) >= 11 is 11.9. The Kier molecular flexibility index (Phi) is 5.63. The lowest BCUT2D eigenvalue weighted by atomic mass is 10.2. The van der Waals surface area contributed by atoms with Crippen LogP contribution in [0.3, 0.4) is 0 Å². The van der Waals surface area contributed by atoms with Crippen LogP contribution in [-0.2, 0) is 6.42 Å². The van der Waals surface area contributed by atoms with E-state index in [-0.39, 0.29) is 0 Å². The molecule has 0 saturated heterocycles. The van der Waals surface area contributed by atoms with Crippen LogP contribution in [0.15, 0.2) is 22.7 Å². The predicted molar refractivity (Wildman–Crippen MR) is 96.4 cm³/mol. The summed E-state index contributed by atoms with van der Waals surface area (Å²) in [5.41, 5.74) is 1.95. The molecule has 3 nitrogen and oxygen atoms in total. The number of aryl methyl sites for hydroxylation is 1. The van der Waals surface area contributed by atoms with E-state index in [0.29, 0.717) is 10.8 Å². The molecule has 0 spiro atoms. The quantitative estimate of drug-likeness (QED) is 0.633. The molecule has 2 aromatic rings. The molecular formula is C14H14BrClIN3. The number of hydrogen-bond acceptors (Lipinski definition) is 3. The third-order valence-corrected chi connectivity index (χ3v) is 4.83. The second-order valence-electron chi connectivity index (χ2n) is 4.16. The first kappa shape index (κ1) is 16.0. The van der Waals surface area contributed by atoms with Crippen LogP contribution in [-0.4, -0.2) is 16.5 Å². The zero-order chi connectivity index (χ0) is 14.7. The van der Waals surface area contributed by atoms with Crippen LogP contribution in [0.25, 0.3) is 11.4 Å². The Hall–Kier alpha value is -0.400. The monoisotopic (exact) mass is 465 g/mol. The van der Waals surface area contributed by atoms with Crippen molar-refractivity contribution in [1.82, 2.24) is 9.97 Å². The molecule has 0 amide bonds. The van der Waals surface area contributed by atoms with E-state index < -0.39 is 0 Å². The Morgan fingerprint density at radius 2 is 2.05 bits per heavy atom. The van der Waals surface area contributed by atoms with Crippen molar-refractivity contribution < 1.29 is 0 Å². The van der Waals surface area contributed by atoms with Gasteiger partial charge in [0.15, 0.2) is 5.82 Å². The minimum atomic E-state index is 0.674. The van der Waals surface area contributed by atoms with Crippen molar-refractivity contribution in [3.8, 4) is 11.4 Å². The van der Waals surface area contributed by atoms with Crippen molar-refractivity contribution >= 4 is 55.9 Å². The highest BCUT2D eigenvalue weighted by Gasteiger charge is 2.14. The Labute approximate surface area is 145 Å². The topological polar surface area (TPSA) is 37.8 Å². The lowest BCUT2D eigenvalue weighted by Gasteiger charge is -2.12. The first-order valence-corrected chi connectivity index (χ1v) is 8.57. The molecule has 2 rings (SSSR count). The van der Waals surface area contributed by atoms with Gasteiger partial charge >= 0.3 is 0 Å². The third kappa shape index (κ3) is 3.43. The first-order valence-electron chi connectivity index (χ1n) is 6.32. The number of hydrogen-bond donors (Lipinski definition) is 1. The average Bonchev–Trinajstić information content (AvgIpc) is 2.44. The molecule has 1 N–H and O–H groups in total. The van der Waals surface area contributed by atoms with Crippen LogP contribution in [0, 0.1) is 3.57 Å². The van der Waals surface area contributed by atoms with Gasteiger partial charge in [0.25, 0.3) is 0 Å². The van der Waals surface area contributed by atoms with Crippen molar-refractivity contribution in [3.05, 3.63) is 37.0 Å². The third-order valence-electron chi connectivity index (χ3n) is 2.77. The Morgan fingerprint density at radius 3 is 2.70 bits per heavy atom. The molecule has 0 saturated carbocycles. The molecule has 1 aromatic carbocycles. The van der Waals surface area contributed by atoms with E-state index in [1.807, 2.05) is 18.2 Å². The van der Waals surface area contributed by atoms with Crippen LogP contribution in [0.4, 0.5) is 5.82 Å². The molecule has 1 heterocycles. The molecule has 0 atom stereocenters. The molecule has 20 heavy (non-hydrogen) atoms. The summed E-state index contributed by atoms with van der Waals surface area (Å²) in [4.78, 5) is 9.28. The van der Waals surface area contributed by atoms with Crippen LogP contribution in [0.1, 0.15) is 19.5 Å². The van der Waals surface area contributed by atoms with Gasteiger partial charge in [-0.2, -0.15) is 0 Å². The molecule has 106 valence electrons. The SMILES string of the molecule is CCNc1nc(-c2cc(Cl)ccc2Br)nc(CC)c1I. The molecule has 0 aliphatic rings. The molecule has 0 aliphatic carbocycles. The van der Waals surface area contributed by atoms with Gasteiger partial charge in [0.2, 0.25) is 0 Å². The van der Waals surface area contributed by atoms with Gasteiger partial charge in [-0.05, 0) is 54.1 Å². The average molecular weight is 467 g/mol. The van der Waals surface area contributed by atoms with Crippen LogP contribution >= 0.6 is 50.1 Å². The van der Waals surface area contributed by atoms with Crippen LogP contribution in [0.5, 0.6) is 0 Å². The predicted octanol–water partition coefficient (Wildman–Crippen LogP) is 5.16. The summed E-state index contributed by atoms with van der Waals surface area (Å²) in [5.74, 6) is 1.56. The second kappa shape index (κ2) is 7.04. The number of anilines is 1. The van der Waals surface area contributed by atoms with Gasteiger partial charge in [-0.3, -0.25) is 0 Å². The molecule has 0 bridgehead atoms. The van der Waals surface area contributed by atoms with Gasteiger partial charge in [-0.25, -0.2) is 9.97 Å². The Morgan fingerprint density at radius 1 is 1.30 bits per heavy atom. The van der Waals surface area contributed by atoms with E-state index >= 15 is 0 Å². The zero-order valence-electron chi connectivity index (χ0n) is 11.2. The van der Waals surface area contributed by atoms with E-state index in [1.165, 1.54) is 0 Å². The minimum absolute atomic E-state index is 0.674. The summed E-state index contributed by atoms with van der Waals surface area (Å²) in [6.07, 6.45) is 0.865. The van der Waals surface area contributed by atoms with Crippen molar-refractivity contribution in [1.29, 1.82) is 0 Å². The van der Waals surface area contributed by atoms with Gasteiger partial charge < -0.3 is 5.32 Å². The maximum absolute atomic E-state index is 6.08. The van der Waals surface area contributed by atoms with Gasteiger partial charge in [-0.1, -0.05) is 34.5 Å². The maximum atomic E-state index is 6.08. The smallest absolute Gasteiger partial charge is 0.163 e. The molecule has 0 fully saturated rings. The summed E-state index contributed by atoms with van der Waals surface area (Å²) in [5, 5.41) is 3.96. The Bertz CT molecular complexity index is 634. The lowest BCUT2D eigenvalue weighted by Crippen LogP contribution is -2.07. The van der Waals surface area contributed by atoms with Crippen molar-refractivity contribution in [3.63, 3.8) is 0 Å². The Balaban J connectivity index is 2.61. The van der Waals surface area contributed by atoms with E-state index in [2.05, 4.69) is 67.7 Å². The van der Waals surface area contributed by atoms with Crippen molar-refractivity contribution in [2.24, 2.45) is 0 Å². The van der Waals surface area contributed by atoms with Crippen molar-refractivity contribution in [2.75, 3.05) is 11.9 Å². The van der Waals surface area contributed by atoms with E-state index in [0.717, 1.165) is 38.1 Å². The zero-order valence-corrected chi connectivity index (χ0v) is 15.7. The highest BCUT2D eigenvalue weighted by atomic mass is 127. The van der Waals surface area contributed by atoms with Crippen LogP contribution in [0.2, 0.25) is 5.02 Å². The van der Waals surface area contributed by atoms with Crippen LogP contribution < -0.4 is 5.32 Å². The number of halogens is 3. The van der Waals surface area contributed by atoms with Gasteiger partial charge in [-0.15, -0.1) is 0 Å². The molecule has 6 heteroatoms. The first-order chi connectivity index (χ1) is 9.56. The summed E-state index contributed by atoms with van der Waals surface area (Å²) in [6.45, 7) is 4.97. The second-order valence-corrected chi connectivity index (χ2v) is 6.53. The summed E-state index contributed by atoms with van der Waals surface area (Å²) in [7, 11) is 0. The maximum Gasteiger partial charge on any atom is 0.163 e. The standard InChI is InChI=1S/C14H14BrClIN3/c1-3-11-12(17)14(18-4-2)20-13(19-11)9-7-8(16)5-6-10(9)15/h5-7H,3-4H2,1-2H3,(H,18,19,20). The van der Waals surface area contributed by atoms with Crippen molar-refractivity contribution in [2.45, 2.75) is 20.3 Å². The normalized spacial score (nSPS) is 10.7. The number of benzene rings is 1. The number of aromatic nitrogens is 2. The fraction of sp³-hybridized carbons (Fsp3) is 0.286. The molecular weight excluding hydrogens is 452 g/mol. The largest absolute Gasteiger partial charge is 0.369 e.